The zero-order chi connectivity index (χ0) is 40.9. The fourth-order valence-corrected chi connectivity index (χ4v) is 7.84. The summed E-state index contributed by atoms with van der Waals surface area (Å²) >= 11 is 1.66. The number of hydrogen-bond acceptors (Lipinski definition) is 4. The van der Waals surface area contributed by atoms with Crippen LogP contribution in [0.4, 0.5) is 0 Å². The normalized spacial score (nSPS) is 14.1. The predicted molar refractivity (Wildman–Crippen MR) is 209 cm³/mol. The Hall–Kier alpha value is -6.43. The molecular formula is C45H28N4S. The van der Waals surface area contributed by atoms with Gasteiger partial charge < -0.3 is 0 Å². The van der Waals surface area contributed by atoms with Crippen molar-refractivity contribution in [2.45, 2.75) is 0 Å². The predicted octanol–water partition coefficient (Wildman–Crippen LogP) is 12.0. The minimum absolute atomic E-state index is 0.0604. The van der Waals surface area contributed by atoms with E-state index in [1.54, 1.807) is 34.1 Å². The van der Waals surface area contributed by atoms with E-state index in [2.05, 4.69) is 12.1 Å². The maximum Gasteiger partial charge on any atom is 0.238 e. The van der Waals surface area contributed by atoms with Crippen LogP contribution in [0, 0.1) is 0 Å². The quantitative estimate of drug-likeness (QED) is 0.184. The molecule has 0 amide bonds. The SMILES string of the molecule is [2H]c1c([2H])c([2H])c(-c2cccc3c2c2c([2H])c([2H])c([2H])c([2H])c2n3-c2nc(-c3ccc4c(c3)sc3ccccc34)nc(-c3ccccc3-c3ccccc3)n2)c([2H])c1[2H]. The monoisotopic (exact) mass is 665 g/mol. The van der Waals surface area contributed by atoms with E-state index in [0.717, 1.165) is 31.3 Å². The summed E-state index contributed by atoms with van der Waals surface area (Å²) in [6.45, 7) is 0. The molecule has 0 fully saturated rings. The van der Waals surface area contributed by atoms with Crippen molar-refractivity contribution >= 4 is 53.3 Å². The topological polar surface area (TPSA) is 43.6 Å². The Balaban J connectivity index is 1.33. The van der Waals surface area contributed by atoms with Gasteiger partial charge in [0.15, 0.2) is 11.6 Å². The Morgan fingerprint density at radius 1 is 0.460 bits per heavy atom. The number of para-hydroxylation sites is 1. The molecule has 0 aliphatic rings. The average Bonchev–Trinajstić information content (AvgIpc) is 3.83. The van der Waals surface area contributed by atoms with Gasteiger partial charge in [-0.25, -0.2) is 4.98 Å². The lowest BCUT2D eigenvalue weighted by Gasteiger charge is -2.13. The lowest BCUT2D eigenvalue weighted by Crippen LogP contribution is -2.06. The average molecular weight is 666 g/mol. The summed E-state index contributed by atoms with van der Waals surface area (Å²) in [6.07, 6.45) is 0. The van der Waals surface area contributed by atoms with Gasteiger partial charge in [0, 0.05) is 42.1 Å². The molecular weight excluding hydrogens is 629 g/mol. The van der Waals surface area contributed by atoms with Crippen molar-refractivity contribution in [1.82, 2.24) is 19.5 Å². The first-order valence-electron chi connectivity index (χ1n) is 20.5. The highest BCUT2D eigenvalue weighted by Crippen LogP contribution is 2.40. The fraction of sp³-hybridized carbons (Fsp3) is 0. The zero-order valence-electron chi connectivity index (χ0n) is 35.2. The molecule has 3 aromatic heterocycles. The Kier molecular flexibility index (Phi) is 4.84. The zero-order valence-corrected chi connectivity index (χ0v) is 27.0. The number of benzene rings is 7. The molecule has 0 saturated carbocycles. The van der Waals surface area contributed by atoms with Crippen molar-refractivity contribution in [2.24, 2.45) is 0 Å². The Bertz CT molecular complexity index is 3370. The van der Waals surface area contributed by atoms with Crippen LogP contribution in [0.5, 0.6) is 0 Å². The van der Waals surface area contributed by atoms with Gasteiger partial charge >= 0.3 is 0 Å². The van der Waals surface area contributed by atoms with Gasteiger partial charge in [-0.15, -0.1) is 11.3 Å². The summed E-state index contributed by atoms with van der Waals surface area (Å²) < 4.78 is 82.6. The maximum atomic E-state index is 9.29. The molecule has 10 aromatic rings. The van der Waals surface area contributed by atoms with Crippen LogP contribution >= 0.6 is 11.3 Å². The smallest absolute Gasteiger partial charge is 0.238 e. The van der Waals surface area contributed by atoms with Crippen LogP contribution in [-0.2, 0) is 0 Å². The molecule has 4 nitrogen and oxygen atoms in total. The van der Waals surface area contributed by atoms with E-state index >= 15 is 0 Å². The largest absolute Gasteiger partial charge is 0.278 e. The first-order chi connectivity index (χ1) is 28.5. The Morgan fingerprint density at radius 2 is 1.18 bits per heavy atom. The third-order valence-electron chi connectivity index (χ3n) is 8.91. The second kappa shape index (κ2) is 11.6. The van der Waals surface area contributed by atoms with Gasteiger partial charge in [0.05, 0.1) is 23.4 Å². The molecule has 0 bridgehead atoms. The molecule has 3 heterocycles. The highest BCUT2D eigenvalue weighted by atomic mass is 32.1. The van der Waals surface area contributed by atoms with Crippen LogP contribution in [-0.4, -0.2) is 19.5 Å². The lowest BCUT2D eigenvalue weighted by molar-refractivity contribution is 0.954. The van der Waals surface area contributed by atoms with Crippen LogP contribution < -0.4 is 0 Å². The number of nitrogens with zero attached hydrogens (tertiary/aromatic N) is 4. The van der Waals surface area contributed by atoms with E-state index in [4.69, 9.17) is 24.5 Å². The molecule has 0 aliphatic carbocycles. The van der Waals surface area contributed by atoms with Crippen LogP contribution in [0.25, 0.3) is 93.0 Å². The number of hydrogen-bond donors (Lipinski definition) is 0. The van der Waals surface area contributed by atoms with Gasteiger partial charge in [-0.1, -0.05) is 145 Å². The summed E-state index contributed by atoms with van der Waals surface area (Å²) in [4.78, 5) is 15.2. The number of rotatable bonds is 5. The van der Waals surface area contributed by atoms with Crippen molar-refractivity contribution in [3.8, 4) is 51.0 Å². The van der Waals surface area contributed by atoms with Crippen molar-refractivity contribution < 1.29 is 12.3 Å². The second-order valence-electron chi connectivity index (χ2n) is 11.8. The summed E-state index contributed by atoms with van der Waals surface area (Å²) in [5, 5.41) is 2.58. The Morgan fingerprint density at radius 3 is 2.08 bits per heavy atom. The second-order valence-corrected chi connectivity index (χ2v) is 12.8. The van der Waals surface area contributed by atoms with Crippen molar-refractivity contribution in [2.75, 3.05) is 0 Å². The van der Waals surface area contributed by atoms with Crippen molar-refractivity contribution in [3.63, 3.8) is 0 Å². The van der Waals surface area contributed by atoms with E-state index in [1.165, 1.54) is 0 Å². The Labute approximate surface area is 305 Å². The van der Waals surface area contributed by atoms with Gasteiger partial charge in [-0.05, 0) is 46.5 Å². The summed E-state index contributed by atoms with van der Waals surface area (Å²) in [5.74, 6) is 0.705. The van der Waals surface area contributed by atoms with Gasteiger partial charge in [-0.3, -0.25) is 4.57 Å². The first-order valence-corrected chi connectivity index (χ1v) is 16.8. The van der Waals surface area contributed by atoms with Crippen LogP contribution in [0.1, 0.15) is 12.3 Å². The van der Waals surface area contributed by atoms with Crippen LogP contribution in [0.3, 0.4) is 0 Å². The van der Waals surface area contributed by atoms with Gasteiger partial charge in [0.25, 0.3) is 0 Å². The van der Waals surface area contributed by atoms with Gasteiger partial charge in [-0.2, -0.15) is 9.97 Å². The van der Waals surface area contributed by atoms with E-state index in [9.17, 15) is 2.74 Å². The molecule has 7 aromatic carbocycles. The minimum atomic E-state index is -0.546. The summed E-state index contributed by atoms with van der Waals surface area (Å²) in [7, 11) is 0. The molecule has 0 radical (unpaired) electrons. The third kappa shape index (κ3) is 4.63. The molecule has 0 N–H and O–H groups in total. The number of aromatic nitrogens is 4. The van der Waals surface area contributed by atoms with E-state index in [-0.39, 0.29) is 45.4 Å². The van der Waals surface area contributed by atoms with Crippen molar-refractivity contribution in [1.29, 1.82) is 0 Å². The maximum absolute atomic E-state index is 9.29. The highest BCUT2D eigenvalue weighted by Gasteiger charge is 2.21. The molecule has 5 heteroatoms. The van der Waals surface area contributed by atoms with E-state index in [0.29, 0.717) is 28.3 Å². The van der Waals surface area contributed by atoms with E-state index in [1.807, 2.05) is 84.9 Å². The van der Waals surface area contributed by atoms with Crippen LogP contribution in [0.2, 0.25) is 0 Å². The van der Waals surface area contributed by atoms with Gasteiger partial charge in [0.1, 0.15) is 0 Å². The standard InChI is InChI=1S/C45H28N4S/c1-3-14-29(15-4-1)32-18-7-8-20-36(32)44-46-43(31-26-27-35-34-19-10-12-25-40(34)50-41(35)28-31)47-45(48-44)49-38-23-11-9-21-37(38)42-33(22-13-24-39(42)49)30-16-5-2-6-17-30/h1-28H/i2D,5D,6D,9D,11D,16D,17D,21D,23D. The third-order valence-corrected chi connectivity index (χ3v) is 10.0. The highest BCUT2D eigenvalue weighted by molar-refractivity contribution is 7.25. The molecule has 0 atom stereocenters. The number of thiophene rings is 1. The van der Waals surface area contributed by atoms with E-state index < -0.39 is 42.3 Å². The minimum Gasteiger partial charge on any atom is -0.278 e. The molecule has 234 valence electrons. The van der Waals surface area contributed by atoms with Crippen LogP contribution in [0.15, 0.2) is 170 Å². The number of fused-ring (bicyclic) bond motifs is 6. The molecule has 0 unspecified atom stereocenters. The van der Waals surface area contributed by atoms with Gasteiger partial charge in [0.2, 0.25) is 5.95 Å². The molecule has 0 saturated heterocycles. The molecule has 0 aliphatic heterocycles. The first kappa shape index (κ1) is 20.8. The molecule has 0 spiro atoms. The molecule has 10 rings (SSSR count). The summed E-state index contributed by atoms with van der Waals surface area (Å²) in [5.41, 5.74) is 3.71. The molecule has 50 heavy (non-hydrogen) atoms. The lowest BCUT2D eigenvalue weighted by atomic mass is 9.99. The fourth-order valence-electron chi connectivity index (χ4n) is 6.69. The van der Waals surface area contributed by atoms with Crippen molar-refractivity contribution in [3.05, 3.63) is 170 Å². The summed E-state index contributed by atoms with van der Waals surface area (Å²) in [6, 6.07) is 32.7.